The minimum atomic E-state index is -4.28. The molecule has 148 valence electrons. The molecular weight excluding hydrogens is 372 g/mol. The highest BCUT2D eigenvalue weighted by Crippen LogP contribution is 2.37. The molecule has 5 nitrogen and oxygen atoms in total. The van der Waals surface area contributed by atoms with Crippen molar-refractivity contribution in [3.05, 3.63) is 42.1 Å². The van der Waals surface area contributed by atoms with Gasteiger partial charge in [0, 0.05) is 26.2 Å². The minimum absolute atomic E-state index is 0.0894. The van der Waals surface area contributed by atoms with E-state index >= 15 is 4.39 Å². The van der Waals surface area contributed by atoms with Crippen LogP contribution in [0.25, 0.3) is 0 Å². The van der Waals surface area contributed by atoms with Crippen LogP contribution < -0.4 is 9.80 Å². The second-order valence-electron chi connectivity index (χ2n) is 5.88. The van der Waals surface area contributed by atoms with Gasteiger partial charge in [0.05, 0.1) is 4.90 Å². The van der Waals surface area contributed by atoms with E-state index < -0.39 is 26.5 Å². The van der Waals surface area contributed by atoms with Crippen LogP contribution in [0.15, 0.2) is 40.1 Å². The number of rotatable bonds is 8. The maximum absolute atomic E-state index is 15.5. The summed E-state index contributed by atoms with van der Waals surface area (Å²) in [6.45, 7) is 8.41. The average Bonchev–Trinajstić information content (AvgIpc) is 2.67. The number of sulfone groups is 1. The monoisotopic (exact) mass is 397 g/mol. The lowest BCUT2D eigenvalue weighted by molar-refractivity contribution is 0.522. The summed E-state index contributed by atoms with van der Waals surface area (Å²) in [4.78, 5) is 5.99. The highest BCUT2D eigenvalue weighted by molar-refractivity contribution is 7.91. The van der Waals surface area contributed by atoms with Crippen molar-refractivity contribution >= 4 is 21.3 Å². The predicted molar refractivity (Wildman–Crippen MR) is 103 cm³/mol. The molecule has 0 atom stereocenters. The van der Waals surface area contributed by atoms with Gasteiger partial charge in [-0.05, 0) is 39.8 Å². The topological polar surface area (TPSA) is 53.5 Å². The van der Waals surface area contributed by atoms with Gasteiger partial charge in [-0.25, -0.2) is 12.8 Å². The SMILES string of the molecule is CCN(CC)c1nc(F)c(N(CC)CC)c(S(=O)(=O)c2ccccc2)c1F. The molecule has 0 radical (unpaired) electrons. The van der Waals surface area contributed by atoms with E-state index in [-0.39, 0.29) is 16.4 Å². The maximum Gasteiger partial charge on any atom is 0.239 e. The van der Waals surface area contributed by atoms with Crippen LogP contribution in [0.1, 0.15) is 27.7 Å². The molecule has 0 fully saturated rings. The summed E-state index contributed by atoms with van der Waals surface area (Å²) >= 11 is 0. The molecule has 0 bridgehead atoms. The summed E-state index contributed by atoms with van der Waals surface area (Å²) in [6, 6.07) is 7.50. The number of benzene rings is 1. The number of pyridine rings is 1. The van der Waals surface area contributed by atoms with Gasteiger partial charge in [0.25, 0.3) is 0 Å². The molecule has 0 aliphatic heterocycles. The Kier molecular flexibility index (Phi) is 6.75. The zero-order chi connectivity index (χ0) is 20.2. The first-order valence-corrected chi connectivity index (χ1v) is 10.5. The Morgan fingerprint density at radius 3 is 1.89 bits per heavy atom. The second-order valence-corrected chi connectivity index (χ2v) is 7.77. The Balaban J connectivity index is 2.90. The van der Waals surface area contributed by atoms with E-state index in [0.717, 1.165) is 0 Å². The van der Waals surface area contributed by atoms with Gasteiger partial charge in [0.15, 0.2) is 11.6 Å². The third kappa shape index (κ3) is 3.90. The fourth-order valence-electron chi connectivity index (χ4n) is 3.00. The van der Waals surface area contributed by atoms with Gasteiger partial charge in [-0.2, -0.15) is 9.37 Å². The van der Waals surface area contributed by atoms with Gasteiger partial charge in [-0.15, -0.1) is 0 Å². The molecule has 27 heavy (non-hydrogen) atoms. The molecule has 2 aromatic rings. The van der Waals surface area contributed by atoms with Crippen molar-refractivity contribution in [3.63, 3.8) is 0 Å². The van der Waals surface area contributed by atoms with E-state index in [2.05, 4.69) is 4.98 Å². The molecule has 1 heterocycles. The first-order chi connectivity index (χ1) is 12.8. The molecule has 2 rings (SSSR count). The third-order valence-corrected chi connectivity index (χ3v) is 6.28. The molecule has 0 saturated carbocycles. The summed E-state index contributed by atoms with van der Waals surface area (Å²) in [5.74, 6) is -2.30. The van der Waals surface area contributed by atoms with Crippen molar-refractivity contribution in [1.82, 2.24) is 4.98 Å². The van der Waals surface area contributed by atoms with Crippen molar-refractivity contribution in [3.8, 4) is 0 Å². The molecule has 0 aliphatic carbocycles. The maximum atomic E-state index is 15.5. The van der Waals surface area contributed by atoms with E-state index in [0.29, 0.717) is 26.2 Å². The van der Waals surface area contributed by atoms with Gasteiger partial charge < -0.3 is 9.80 Å². The minimum Gasteiger partial charge on any atom is -0.367 e. The van der Waals surface area contributed by atoms with Gasteiger partial charge in [0.1, 0.15) is 10.6 Å². The average molecular weight is 397 g/mol. The van der Waals surface area contributed by atoms with E-state index in [1.54, 1.807) is 45.9 Å². The standard InChI is InChI=1S/C19H25F2N3O2S/c1-5-23(6-2)16-17(27(25,26)14-12-10-9-11-13-14)15(20)19(22-18(16)21)24(7-3)8-4/h9-13H,5-8H2,1-4H3. The number of anilines is 2. The molecule has 0 aliphatic rings. The second kappa shape index (κ2) is 8.65. The lowest BCUT2D eigenvalue weighted by Crippen LogP contribution is -2.30. The van der Waals surface area contributed by atoms with Crippen molar-refractivity contribution in [2.45, 2.75) is 37.5 Å². The van der Waals surface area contributed by atoms with Gasteiger partial charge >= 0.3 is 0 Å². The van der Waals surface area contributed by atoms with E-state index in [4.69, 9.17) is 0 Å². The molecule has 0 spiro atoms. The summed E-state index contributed by atoms with van der Waals surface area (Å²) in [5, 5.41) is 0. The van der Waals surface area contributed by atoms with Crippen LogP contribution in [0.3, 0.4) is 0 Å². The Morgan fingerprint density at radius 2 is 1.41 bits per heavy atom. The summed E-state index contributed by atoms with van der Waals surface area (Å²) in [5.41, 5.74) is -0.322. The molecule has 0 N–H and O–H groups in total. The molecular formula is C19H25F2N3O2S. The fraction of sp³-hybridized carbons (Fsp3) is 0.421. The van der Waals surface area contributed by atoms with Crippen LogP contribution in [0.5, 0.6) is 0 Å². The summed E-state index contributed by atoms with van der Waals surface area (Å²) in [6.07, 6.45) is 0. The summed E-state index contributed by atoms with van der Waals surface area (Å²) < 4.78 is 56.9. The quantitative estimate of drug-likeness (QED) is 0.633. The lowest BCUT2D eigenvalue weighted by atomic mass is 10.3. The number of hydrogen-bond donors (Lipinski definition) is 0. The lowest BCUT2D eigenvalue weighted by Gasteiger charge is -2.27. The number of nitrogens with zero attached hydrogens (tertiary/aromatic N) is 3. The highest BCUT2D eigenvalue weighted by atomic mass is 32.2. The van der Waals surface area contributed by atoms with Gasteiger partial charge in [-0.3, -0.25) is 0 Å². The van der Waals surface area contributed by atoms with Gasteiger partial charge in [-0.1, -0.05) is 18.2 Å². The van der Waals surface area contributed by atoms with Crippen LogP contribution in [-0.2, 0) is 9.84 Å². The Morgan fingerprint density at radius 1 is 0.889 bits per heavy atom. The largest absolute Gasteiger partial charge is 0.367 e. The van der Waals surface area contributed by atoms with Crippen molar-refractivity contribution in [2.24, 2.45) is 0 Å². The third-order valence-electron chi connectivity index (χ3n) is 4.48. The van der Waals surface area contributed by atoms with Crippen molar-refractivity contribution in [2.75, 3.05) is 36.0 Å². The number of aromatic nitrogens is 1. The van der Waals surface area contributed by atoms with Crippen molar-refractivity contribution in [1.29, 1.82) is 0 Å². The van der Waals surface area contributed by atoms with Gasteiger partial charge in [0.2, 0.25) is 15.8 Å². The molecule has 0 unspecified atom stereocenters. The molecule has 0 amide bonds. The first kappa shape index (κ1) is 21.1. The van der Waals surface area contributed by atoms with Crippen LogP contribution in [-0.4, -0.2) is 39.6 Å². The van der Waals surface area contributed by atoms with Crippen LogP contribution in [0, 0.1) is 11.8 Å². The fourth-order valence-corrected chi connectivity index (χ4v) is 4.55. The van der Waals surface area contributed by atoms with E-state index in [1.165, 1.54) is 21.9 Å². The zero-order valence-electron chi connectivity index (χ0n) is 16.0. The first-order valence-electron chi connectivity index (χ1n) is 9.02. The predicted octanol–water partition coefficient (Wildman–Crippen LogP) is 3.89. The van der Waals surface area contributed by atoms with Crippen LogP contribution in [0.2, 0.25) is 0 Å². The number of halogens is 2. The molecule has 0 saturated heterocycles. The Labute approximate surface area is 159 Å². The molecule has 8 heteroatoms. The normalized spacial score (nSPS) is 11.5. The Bertz CT molecular complexity index is 882. The number of hydrogen-bond acceptors (Lipinski definition) is 5. The van der Waals surface area contributed by atoms with Crippen LogP contribution >= 0.6 is 0 Å². The zero-order valence-corrected chi connectivity index (χ0v) is 16.9. The van der Waals surface area contributed by atoms with Crippen LogP contribution in [0.4, 0.5) is 20.3 Å². The van der Waals surface area contributed by atoms with E-state index in [9.17, 15) is 12.8 Å². The summed E-state index contributed by atoms with van der Waals surface area (Å²) in [7, 11) is -4.28. The van der Waals surface area contributed by atoms with Crippen molar-refractivity contribution < 1.29 is 17.2 Å². The van der Waals surface area contributed by atoms with E-state index in [1.807, 2.05) is 0 Å². The molecule has 1 aromatic carbocycles. The Hall–Kier alpha value is -2.22. The highest BCUT2D eigenvalue weighted by Gasteiger charge is 2.34. The molecule has 1 aromatic heterocycles. The smallest absolute Gasteiger partial charge is 0.239 e.